The number of carboxylic acids is 9. The van der Waals surface area contributed by atoms with Crippen molar-refractivity contribution in [3.63, 3.8) is 0 Å². The number of nitrogens with zero attached hydrogens (tertiary/aromatic N) is 1. The Morgan fingerprint density at radius 1 is 0.364 bits per heavy atom. The summed E-state index contributed by atoms with van der Waals surface area (Å²) < 4.78 is 89.2. The van der Waals surface area contributed by atoms with Gasteiger partial charge in [0.2, 0.25) is 17.7 Å². The minimum Gasteiger partial charge on any atom is -0.768 e. The Hall–Kier alpha value is -8.44. The number of hydrogen-bond acceptors (Lipinski definition) is 29. The molecule has 1 atom stereocenters. The van der Waals surface area contributed by atoms with Crippen molar-refractivity contribution in [3.05, 3.63) is 34.4 Å². The number of Topliss-reactive ketones (excluding diaryl/α,β-unsaturated/α-hetero) is 1. The third kappa shape index (κ3) is 52.3. The monoisotopic (exact) mass is 1560 g/mol. The van der Waals surface area contributed by atoms with Crippen LogP contribution in [0.25, 0.3) is 0 Å². The van der Waals surface area contributed by atoms with Gasteiger partial charge in [0.05, 0.1) is 221 Å². The van der Waals surface area contributed by atoms with Gasteiger partial charge in [-0.2, -0.15) is 0 Å². The van der Waals surface area contributed by atoms with Gasteiger partial charge in [-0.15, -0.1) is 0 Å². The minimum absolute atomic E-state index is 0.0462. The molecule has 0 aliphatic heterocycles. The van der Waals surface area contributed by atoms with Crippen LogP contribution in [0.15, 0.2) is 29.2 Å². The van der Waals surface area contributed by atoms with E-state index in [1.165, 1.54) is 18.2 Å². The summed E-state index contributed by atoms with van der Waals surface area (Å²) in [7, 11) is 0. The maximum Gasteiger partial charge on any atom is 0.305 e. The van der Waals surface area contributed by atoms with Gasteiger partial charge in [0, 0.05) is 43.6 Å². The summed E-state index contributed by atoms with van der Waals surface area (Å²) in [6.07, 6.45) is -4.83. The second-order valence-electron chi connectivity index (χ2n) is 23.9. The van der Waals surface area contributed by atoms with Gasteiger partial charge in [-0.25, -0.2) is 0 Å². The van der Waals surface area contributed by atoms with E-state index in [0.717, 1.165) is 6.07 Å². The number of ether oxygens (including phenoxy) is 12. The van der Waals surface area contributed by atoms with Crippen molar-refractivity contribution in [1.29, 1.82) is 0 Å². The largest absolute Gasteiger partial charge is 0.768 e. The van der Waals surface area contributed by atoms with Gasteiger partial charge >= 0.3 is 53.7 Å². The normalized spacial score (nSPS) is 11.9. The average Bonchev–Trinajstić information content (AvgIpc) is 0.874. The number of hydrogen-bond donors (Lipinski definition) is 12. The topological polar surface area (TPSA) is 634 Å². The van der Waals surface area contributed by atoms with E-state index in [2.05, 4.69) is 16.0 Å². The lowest BCUT2D eigenvalue weighted by atomic mass is 9.84. The molecule has 43 heteroatoms. The second kappa shape index (κ2) is 57.7. The van der Waals surface area contributed by atoms with Crippen LogP contribution >= 0.6 is 0 Å². The first-order valence-electron chi connectivity index (χ1n) is 33.3. The van der Waals surface area contributed by atoms with Crippen LogP contribution in [0.4, 0.5) is 5.69 Å². The molecule has 107 heavy (non-hydrogen) atoms. The summed E-state index contributed by atoms with van der Waals surface area (Å²) in [5.41, 5.74) is -6.90. The number of carboxylic acid groups (broad SMARTS) is 9. The first kappa shape index (κ1) is 98.6. The van der Waals surface area contributed by atoms with E-state index in [9.17, 15) is 127 Å². The van der Waals surface area contributed by atoms with Crippen molar-refractivity contribution in [3.8, 4) is 0 Å². The van der Waals surface area contributed by atoms with Gasteiger partial charge in [-0.3, -0.25) is 76.7 Å². The molecule has 42 nitrogen and oxygen atoms in total. The maximum atomic E-state index is 13.9. The van der Waals surface area contributed by atoms with E-state index in [1.54, 1.807) is 0 Å². The first-order valence-corrected chi connectivity index (χ1v) is 34.4. The zero-order chi connectivity index (χ0) is 80.5. The second-order valence-corrected chi connectivity index (χ2v) is 24.8. The molecule has 0 aliphatic rings. The SMILES string of the molecule is CCCCC(=O)CC(COCCC(=O)NC(COCCC(=O)O)(COCCC(=O)O)COCCC(=O)O)(COCCC(=O)NC(COCCC(=O)O)(COCCC(=O)O)COCCC(=O)O)COCCC(=O)NC(COCCC(=O)O)(COCCC(=O)O)COCCC(=O)O.O=[N+]([O-])c1ccccc1S(=O)[O-]. The summed E-state index contributed by atoms with van der Waals surface area (Å²) in [6, 6.07) is 5.17. The lowest BCUT2D eigenvalue weighted by molar-refractivity contribution is -0.387. The molecule has 0 heterocycles. The summed E-state index contributed by atoms with van der Waals surface area (Å²) in [4.78, 5) is 166. The molecule has 0 bridgehead atoms. The number of amides is 3. The van der Waals surface area contributed by atoms with Gasteiger partial charge in [-0.1, -0.05) is 25.5 Å². The van der Waals surface area contributed by atoms with Crippen molar-refractivity contribution < 1.29 is 179 Å². The number of carbonyl (C=O) groups is 13. The van der Waals surface area contributed by atoms with Crippen LogP contribution in [0, 0.1) is 15.5 Å². The molecule has 0 radical (unpaired) electrons. The van der Waals surface area contributed by atoms with E-state index >= 15 is 0 Å². The van der Waals surface area contributed by atoms with Gasteiger partial charge in [0.25, 0.3) is 5.69 Å². The Kier molecular flexibility index (Phi) is 53.1. The fraction of sp³-hybridized carbons (Fsp3) is 0.703. The lowest BCUT2D eigenvalue weighted by Gasteiger charge is -2.35. The van der Waals surface area contributed by atoms with Crippen LogP contribution in [0.3, 0.4) is 0 Å². The summed E-state index contributed by atoms with van der Waals surface area (Å²) in [5, 5.41) is 101. The van der Waals surface area contributed by atoms with E-state index in [-0.39, 0.29) is 83.0 Å². The number of nitrogens with one attached hydrogen (secondary N) is 3. The Bertz CT molecular complexity index is 2510. The summed E-state index contributed by atoms with van der Waals surface area (Å²) in [5.74, 6) is -13.6. The third-order valence-electron chi connectivity index (χ3n) is 14.0. The highest BCUT2D eigenvalue weighted by molar-refractivity contribution is 7.79. The van der Waals surface area contributed by atoms with Crippen LogP contribution in [-0.4, -0.2) is 312 Å². The number of nitro groups is 1. The minimum atomic E-state index is -2.55. The fourth-order valence-corrected chi connectivity index (χ4v) is 9.39. The molecule has 0 saturated carbocycles. The van der Waals surface area contributed by atoms with Crippen LogP contribution in [0.1, 0.15) is 110 Å². The van der Waals surface area contributed by atoms with E-state index in [1.807, 2.05) is 6.92 Å². The zero-order valence-electron chi connectivity index (χ0n) is 59.3. The quantitative estimate of drug-likeness (QED) is 0.0179. The Balaban J connectivity index is 0.00000844. The molecule has 0 aliphatic carbocycles. The Morgan fingerprint density at radius 3 is 0.776 bits per heavy atom. The highest BCUT2D eigenvalue weighted by atomic mass is 32.2. The molecular formula is C64H99N4O38S-. The van der Waals surface area contributed by atoms with Gasteiger partial charge in [0.1, 0.15) is 27.3 Å². The number of unbranched alkanes of at least 4 members (excludes halogenated alkanes) is 1. The Labute approximate surface area is 616 Å². The average molecular weight is 1560 g/mol. The molecule has 12 N–H and O–H groups in total. The molecule has 610 valence electrons. The highest BCUT2D eigenvalue weighted by Crippen LogP contribution is 2.28. The predicted octanol–water partition coefficient (Wildman–Crippen LogP) is 0.162. The van der Waals surface area contributed by atoms with Crippen LogP contribution in [0.5, 0.6) is 0 Å². The van der Waals surface area contributed by atoms with Crippen molar-refractivity contribution in [2.45, 2.75) is 131 Å². The van der Waals surface area contributed by atoms with Gasteiger partial charge in [0.15, 0.2) is 0 Å². The molecule has 3 amide bonds. The smallest absolute Gasteiger partial charge is 0.305 e. The molecule has 1 aromatic carbocycles. The Morgan fingerprint density at radius 2 is 0.579 bits per heavy atom. The number of rotatable bonds is 70. The highest BCUT2D eigenvalue weighted by Gasteiger charge is 2.39. The summed E-state index contributed by atoms with van der Waals surface area (Å²) >= 11 is -2.55. The predicted molar refractivity (Wildman–Crippen MR) is 358 cm³/mol. The van der Waals surface area contributed by atoms with Crippen molar-refractivity contribution in [1.82, 2.24) is 16.0 Å². The van der Waals surface area contributed by atoms with E-state index in [4.69, 9.17) is 56.8 Å². The van der Waals surface area contributed by atoms with E-state index < -0.39 is 291 Å². The van der Waals surface area contributed by atoms with E-state index in [0.29, 0.717) is 12.8 Å². The third-order valence-corrected chi connectivity index (χ3v) is 14.7. The number of benzene rings is 1. The van der Waals surface area contributed by atoms with Crippen LogP contribution in [0.2, 0.25) is 0 Å². The van der Waals surface area contributed by atoms with Crippen molar-refractivity contribution >= 4 is 94.0 Å². The van der Waals surface area contributed by atoms with Crippen molar-refractivity contribution in [2.75, 3.05) is 159 Å². The molecule has 0 spiro atoms. The van der Waals surface area contributed by atoms with Crippen molar-refractivity contribution in [2.24, 2.45) is 5.41 Å². The zero-order valence-corrected chi connectivity index (χ0v) is 60.1. The standard InChI is InChI=1S/C58H95N3O34.C6H5NO4S/c1-2-3-4-42(62)29-55(30-84-17-5-43(63)59-56(33-87-20-8-46(66)67,34-88-21-9-47(68)69)35-89-22-10-48(70)71,31-85-18-6-44(64)60-57(36-90-23-11-49(72)73,37-91-24-12-50(74)75)38-92-25-13-51(76)77)32-86-19-7-45(65)61-58(39-93-26-14-52(78)79,40-94-27-15-53(80)81)41-95-28-16-54(82)83;8-7(9)5-3-1-2-4-6(5)12(10)11/h2-41H2,1H3,(H,59,63)(H,60,64)(H,61,65)(H,66,67)(H,68,69)(H,70,71)(H,72,73)(H,74,75)(H,76,77)(H,78,79)(H,80,81)(H,82,83);1-4H,(H,10,11)/p-1. The first-order chi connectivity index (χ1) is 50.6. The van der Waals surface area contributed by atoms with Crippen LogP contribution in [-0.2, 0) is 130 Å². The number of ketones is 1. The molecule has 1 aromatic rings. The molecule has 0 fully saturated rings. The lowest BCUT2D eigenvalue weighted by Crippen LogP contribution is -2.59. The fourth-order valence-electron chi connectivity index (χ4n) is 8.89. The summed E-state index contributed by atoms with van der Waals surface area (Å²) in [6.45, 7) is -8.15. The molecular weight excluding hydrogens is 1460 g/mol. The van der Waals surface area contributed by atoms with Crippen LogP contribution < -0.4 is 16.0 Å². The number of aliphatic carboxylic acids is 9. The molecule has 0 saturated heterocycles. The molecule has 0 aromatic heterocycles. The molecule has 1 unspecified atom stereocenters. The van der Waals surface area contributed by atoms with Gasteiger partial charge in [-0.05, 0) is 23.6 Å². The molecule has 1 rings (SSSR count). The maximum absolute atomic E-state index is 13.9. The number of nitro benzene ring substituents is 1. The number of carbonyl (C=O) groups excluding carboxylic acids is 4. The number of para-hydroxylation sites is 1. The van der Waals surface area contributed by atoms with Gasteiger partial charge < -0.3 is 123 Å².